The van der Waals surface area contributed by atoms with E-state index in [-0.39, 0.29) is 4.90 Å². The van der Waals surface area contributed by atoms with E-state index in [1.54, 1.807) is 19.1 Å². The van der Waals surface area contributed by atoms with Gasteiger partial charge < -0.3 is 0 Å². The van der Waals surface area contributed by atoms with Gasteiger partial charge in [0, 0.05) is 0 Å². The first kappa shape index (κ1) is 14.0. The smallest absolute Gasteiger partial charge is 0.207 e. The highest BCUT2D eigenvalue weighted by Crippen LogP contribution is 2.31. The van der Waals surface area contributed by atoms with Gasteiger partial charge in [-0.05, 0) is 43.9 Å². The van der Waals surface area contributed by atoms with Crippen molar-refractivity contribution in [3.05, 3.63) is 29.3 Å². The van der Waals surface area contributed by atoms with Gasteiger partial charge in [0.2, 0.25) is 10.0 Å². The summed E-state index contributed by atoms with van der Waals surface area (Å²) in [6.45, 7) is 3.62. The predicted molar refractivity (Wildman–Crippen MR) is 73.0 cm³/mol. The summed E-state index contributed by atoms with van der Waals surface area (Å²) < 4.78 is 27.5. The molecule has 1 aliphatic carbocycles. The molecule has 0 radical (unpaired) electrons. The molecule has 0 amide bonds. The van der Waals surface area contributed by atoms with Gasteiger partial charge in [-0.2, -0.15) is 9.98 Å². The molecule has 2 rings (SSSR count). The number of hydrogen-bond acceptors (Lipinski definition) is 3. The zero-order chi connectivity index (χ0) is 14.1. The van der Waals surface area contributed by atoms with Crippen LogP contribution in [0.15, 0.2) is 23.1 Å². The third kappa shape index (κ3) is 2.80. The maximum atomic E-state index is 12.5. The number of benzene rings is 1. The third-order valence-corrected chi connectivity index (χ3v) is 5.31. The second-order valence-corrected chi connectivity index (χ2v) is 6.93. The topological polar surface area (TPSA) is 70.0 Å². The molecule has 4 nitrogen and oxygen atoms in total. The quantitative estimate of drug-likeness (QED) is 0.923. The van der Waals surface area contributed by atoms with Gasteiger partial charge in [0.1, 0.15) is 5.54 Å². The van der Waals surface area contributed by atoms with E-state index in [2.05, 4.69) is 10.8 Å². The summed E-state index contributed by atoms with van der Waals surface area (Å²) in [6.07, 6.45) is 2.97. The fourth-order valence-corrected chi connectivity index (χ4v) is 4.23. The summed E-state index contributed by atoms with van der Waals surface area (Å²) in [7, 11) is -3.64. The minimum atomic E-state index is -3.64. The van der Waals surface area contributed by atoms with Gasteiger partial charge in [0.05, 0.1) is 11.0 Å². The molecule has 19 heavy (non-hydrogen) atoms. The molecule has 0 saturated heterocycles. The van der Waals surface area contributed by atoms with E-state index in [9.17, 15) is 13.7 Å². The van der Waals surface area contributed by atoms with E-state index in [1.807, 2.05) is 13.0 Å². The lowest BCUT2D eigenvalue weighted by Crippen LogP contribution is -2.45. The summed E-state index contributed by atoms with van der Waals surface area (Å²) in [5.41, 5.74) is 0.669. The molecule has 0 bridgehead atoms. The lowest BCUT2D eigenvalue weighted by atomic mass is 10.0. The highest BCUT2D eigenvalue weighted by molar-refractivity contribution is 7.89. The molecule has 102 valence electrons. The average Bonchev–Trinajstić information content (AvgIpc) is 2.80. The van der Waals surface area contributed by atoms with Gasteiger partial charge in [-0.3, -0.25) is 0 Å². The molecule has 1 fully saturated rings. The Morgan fingerprint density at radius 3 is 2.47 bits per heavy atom. The number of hydrogen-bond donors (Lipinski definition) is 1. The molecule has 1 saturated carbocycles. The second-order valence-electron chi connectivity index (χ2n) is 5.28. The molecule has 1 aliphatic rings. The highest BCUT2D eigenvalue weighted by Gasteiger charge is 2.38. The van der Waals surface area contributed by atoms with Crippen molar-refractivity contribution < 1.29 is 8.42 Å². The van der Waals surface area contributed by atoms with Crippen LogP contribution in [0.2, 0.25) is 0 Å². The van der Waals surface area contributed by atoms with Gasteiger partial charge in [0.25, 0.3) is 0 Å². The second kappa shape index (κ2) is 4.95. The van der Waals surface area contributed by atoms with Crippen LogP contribution in [-0.4, -0.2) is 14.0 Å². The maximum Gasteiger partial charge on any atom is 0.242 e. The monoisotopic (exact) mass is 278 g/mol. The van der Waals surface area contributed by atoms with Crippen LogP contribution in [-0.2, 0) is 10.0 Å². The molecule has 1 N–H and O–H groups in total. The molecule has 1 aromatic carbocycles. The normalized spacial score (nSPS) is 18.2. The standard InChI is InChI=1S/C14H18N2O2S/c1-11-5-6-12(2)13(9-11)19(17,18)16-14(10-15)7-3-4-8-14/h5-6,9,16H,3-4,7-8H2,1-2H3. The maximum absolute atomic E-state index is 12.5. The largest absolute Gasteiger partial charge is 0.242 e. The molecule has 0 aromatic heterocycles. The van der Waals surface area contributed by atoms with Gasteiger partial charge in [-0.1, -0.05) is 25.0 Å². The van der Waals surface area contributed by atoms with Crippen LogP contribution in [0.25, 0.3) is 0 Å². The van der Waals surface area contributed by atoms with Crippen molar-refractivity contribution in [2.45, 2.75) is 50.0 Å². The lowest BCUT2D eigenvalue weighted by molar-refractivity contribution is 0.485. The minimum Gasteiger partial charge on any atom is -0.207 e. The third-order valence-electron chi connectivity index (χ3n) is 3.63. The molecular formula is C14H18N2O2S. The lowest BCUT2D eigenvalue weighted by Gasteiger charge is -2.22. The van der Waals surface area contributed by atoms with Gasteiger partial charge in [0.15, 0.2) is 0 Å². The van der Waals surface area contributed by atoms with Crippen molar-refractivity contribution in [1.29, 1.82) is 5.26 Å². The number of aryl methyl sites for hydroxylation is 2. The van der Waals surface area contributed by atoms with Crippen LogP contribution in [0, 0.1) is 25.2 Å². The summed E-state index contributed by atoms with van der Waals surface area (Å²) in [4.78, 5) is 0.272. The van der Waals surface area contributed by atoms with Crippen molar-refractivity contribution in [3.8, 4) is 6.07 Å². The van der Waals surface area contributed by atoms with Crippen LogP contribution < -0.4 is 4.72 Å². The average molecular weight is 278 g/mol. The predicted octanol–water partition coefficient (Wildman–Crippen LogP) is 2.42. The molecule has 5 heteroatoms. The Morgan fingerprint density at radius 2 is 1.89 bits per heavy atom. The van der Waals surface area contributed by atoms with E-state index in [0.29, 0.717) is 18.4 Å². The SMILES string of the molecule is Cc1ccc(C)c(S(=O)(=O)NC2(C#N)CCCC2)c1. The Bertz CT molecular complexity index is 623. The fraction of sp³-hybridized carbons (Fsp3) is 0.500. The Hall–Kier alpha value is -1.38. The van der Waals surface area contributed by atoms with Crippen molar-refractivity contribution >= 4 is 10.0 Å². The molecule has 1 aromatic rings. The zero-order valence-corrected chi connectivity index (χ0v) is 12.0. The van der Waals surface area contributed by atoms with Crippen LogP contribution in [0.5, 0.6) is 0 Å². The number of nitriles is 1. The number of nitrogens with zero attached hydrogens (tertiary/aromatic N) is 1. The van der Waals surface area contributed by atoms with E-state index >= 15 is 0 Å². The zero-order valence-electron chi connectivity index (χ0n) is 11.2. The van der Waals surface area contributed by atoms with Crippen molar-refractivity contribution in [3.63, 3.8) is 0 Å². The summed E-state index contributed by atoms with van der Waals surface area (Å²) >= 11 is 0. The van der Waals surface area contributed by atoms with E-state index < -0.39 is 15.6 Å². The summed E-state index contributed by atoms with van der Waals surface area (Å²) in [5, 5.41) is 9.27. The number of nitrogens with one attached hydrogen (secondary N) is 1. The Morgan fingerprint density at radius 1 is 1.26 bits per heavy atom. The first-order valence-corrected chi connectivity index (χ1v) is 7.89. The van der Waals surface area contributed by atoms with Crippen molar-refractivity contribution in [2.24, 2.45) is 0 Å². The number of sulfonamides is 1. The molecule has 0 spiro atoms. The first-order chi connectivity index (χ1) is 8.88. The first-order valence-electron chi connectivity index (χ1n) is 6.41. The molecule has 0 atom stereocenters. The minimum absolute atomic E-state index is 0.272. The Labute approximate surface area is 114 Å². The van der Waals surface area contributed by atoms with Crippen LogP contribution in [0.4, 0.5) is 0 Å². The van der Waals surface area contributed by atoms with Gasteiger partial charge >= 0.3 is 0 Å². The fourth-order valence-electron chi connectivity index (χ4n) is 2.52. The molecule has 0 aliphatic heterocycles. The van der Waals surface area contributed by atoms with Crippen LogP contribution in [0.1, 0.15) is 36.8 Å². The van der Waals surface area contributed by atoms with E-state index in [1.165, 1.54) is 0 Å². The van der Waals surface area contributed by atoms with Gasteiger partial charge in [-0.25, -0.2) is 8.42 Å². The Kier molecular flexibility index (Phi) is 3.66. The van der Waals surface area contributed by atoms with Crippen molar-refractivity contribution in [1.82, 2.24) is 4.72 Å². The highest BCUT2D eigenvalue weighted by atomic mass is 32.2. The van der Waals surface area contributed by atoms with Crippen LogP contribution >= 0.6 is 0 Å². The van der Waals surface area contributed by atoms with E-state index in [4.69, 9.17) is 0 Å². The van der Waals surface area contributed by atoms with Gasteiger partial charge in [-0.15, -0.1) is 0 Å². The van der Waals surface area contributed by atoms with Crippen molar-refractivity contribution in [2.75, 3.05) is 0 Å². The molecule has 0 heterocycles. The Balaban J connectivity index is 2.38. The summed E-state index contributed by atoms with van der Waals surface area (Å²) in [5.74, 6) is 0. The summed E-state index contributed by atoms with van der Waals surface area (Å²) in [6, 6.07) is 7.47. The molecular weight excluding hydrogens is 260 g/mol. The van der Waals surface area contributed by atoms with Crippen LogP contribution in [0.3, 0.4) is 0 Å². The molecule has 0 unspecified atom stereocenters. The van der Waals surface area contributed by atoms with E-state index in [0.717, 1.165) is 18.4 Å². The number of rotatable bonds is 3.